The number of hydrogen-bond acceptors (Lipinski definition) is 7. The summed E-state index contributed by atoms with van der Waals surface area (Å²) in [6, 6.07) is 14.7. The van der Waals surface area contributed by atoms with Crippen LogP contribution in [0, 0.1) is 0 Å². The van der Waals surface area contributed by atoms with Crippen LogP contribution < -0.4 is 11.5 Å². The number of carboxylic acid groups (broad SMARTS) is 2. The van der Waals surface area contributed by atoms with Gasteiger partial charge in [-0.2, -0.15) is 15.0 Å². The number of aromatic nitrogens is 3. The van der Waals surface area contributed by atoms with E-state index in [1.165, 1.54) is 18.2 Å². The third kappa shape index (κ3) is 4.99. The first-order chi connectivity index (χ1) is 12.4. The Kier molecular flexibility index (Phi) is 5.78. The lowest BCUT2D eigenvalue weighted by molar-refractivity contribution is 0.0696. The summed E-state index contributed by atoms with van der Waals surface area (Å²) in [5, 5.41) is 17.0. The third-order valence-electron chi connectivity index (χ3n) is 3.06. The molecule has 0 aliphatic carbocycles. The lowest BCUT2D eigenvalue weighted by Gasteiger charge is -2.00. The van der Waals surface area contributed by atoms with Crippen LogP contribution in [0.4, 0.5) is 11.9 Å². The molecular weight excluding hydrogens is 338 g/mol. The molecular formula is C17H15N5O4. The number of benzene rings is 2. The molecule has 0 fully saturated rings. The van der Waals surface area contributed by atoms with Crippen molar-refractivity contribution in [3.8, 4) is 11.4 Å². The Labute approximate surface area is 148 Å². The van der Waals surface area contributed by atoms with Crippen LogP contribution in [0.25, 0.3) is 11.4 Å². The van der Waals surface area contributed by atoms with Gasteiger partial charge in [-0.05, 0) is 18.2 Å². The average Bonchev–Trinajstić information content (AvgIpc) is 2.62. The molecule has 3 aromatic rings. The quantitative estimate of drug-likeness (QED) is 0.549. The number of aromatic carboxylic acids is 2. The van der Waals surface area contributed by atoms with Gasteiger partial charge in [0, 0.05) is 5.56 Å². The maximum atomic E-state index is 10.4. The molecule has 0 aliphatic heterocycles. The van der Waals surface area contributed by atoms with E-state index in [9.17, 15) is 9.59 Å². The van der Waals surface area contributed by atoms with Crippen molar-refractivity contribution in [3.05, 3.63) is 65.7 Å². The number of nitrogen functional groups attached to an aromatic ring is 2. The number of anilines is 2. The fourth-order valence-corrected chi connectivity index (χ4v) is 1.91. The van der Waals surface area contributed by atoms with E-state index in [0.29, 0.717) is 5.82 Å². The zero-order valence-electron chi connectivity index (χ0n) is 13.4. The summed E-state index contributed by atoms with van der Waals surface area (Å²) in [5.41, 5.74) is 11.7. The van der Waals surface area contributed by atoms with Crippen molar-refractivity contribution in [2.75, 3.05) is 11.5 Å². The average molecular weight is 353 g/mol. The van der Waals surface area contributed by atoms with Gasteiger partial charge in [-0.1, -0.05) is 36.4 Å². The highest BCUT2D eigenvalue weighted by Crippen LogP contribution is 2.14. The Bertz CT molecular complexity index is 882. The number of nitrogens with zero attached hydrogens (tertiary/aromatic N) is 3. The Hall–Kier alpha value is -4.01. The highest BCUT2D eigenvalue weighted by Gasteiger charge is 2.06. The van der Waals surface area contributed by atoms with Gasteiger partial charge in [0.1, 0.15) is 0 Å². The lowest BCUT2D eigenvalue weighted by atomic mass is 10.1. The molecule has 0 bridgehead atoms. The molecule has 1 aromatic heterocycles. The number of rotatable bonds is 3. The van der Waals surface area contributed by atoms with Gasteiger partial charge in [0.2, 0.25) is 11.9 Å². The Morgan fingerprint density at radius 3 is 1.69 bits per heavy atom. The summed E-state index contributed by atoms with van der Waals surface area (Å²) in [7, 11) is 0. The molecule has 0 radical (unpaired) electrons. The molecule has 9 nitrogen and oxygen atoms in total. The van der Waals surface area contributed by atoms with E-state index in [-0.39, 0.29) is 23.0 Å². The zero-order valence-corrected chi connectivity index (χ0v) is 13.4. The summed E-state index contributed by atoms with van der Waals surface area (Å²) in [5.74, 6) is -1.49. The fourth-order valence-electron chi connectivity index (χ4n) is 1.91. The zero-order chi connectivity index (χ0) is 19.1. The molecule has 0 amide bonds. The molecule has 2 aromatic carbocycles. The molecule has 26 heavy (non-hydrogen) atoms. The maximum Gasteiger partial charge on any atom is 0.335 e. The SMILES string of the molecule is Nc1nc(N)nc(-c2ccccc2)n1.O=C(O)c1cccc(C(=O)O)c1. The number of carbonyl (C=O) groups is 2. The second-order valence-corrected chi connectivity index (χ2v) is 4.93. The van der Waals surface area contributed by atoms with Crippen molar-refractivity contribution in [1.29, 1.82) is 0 Å². The molecule has 0 atom stereocenters. The first-order valence-electron chi connectivity index (χ1n) is 7.26. The van der Waals surface area contributed by atoms with E-state index >= 15 is 0 Å². The van der Waals surface area contributed by atoms with Gasteiger partial charge >= 0.3 is 11.9 Å². The van der Waals surface area contributed by atoms with Gasteiger partial charge in [-0.3, -0.25) is 0 Å². The molecule has 3 rings (SSSR count). The lowest BCUT2D eigenvalue weighted by Crippen LogP contribution is -2.04. The van der Waals surface area contributed by atoms with Crippen molar-refractivity contribution < 1.29 is 19.8 Å². The second-order valence-electron chi connectivity index (χ2n) is 4.93. The van der Waals surface area contributed by atoms with E-state index < -0.39 is 11.9 Å². The molecule has 0 spiro atoms. The fraction of sp³-hybridized carbons (Fsp3) is 0. The van der Waals surface area contributed by atoms with Crippen molar-refractivity contribution in [2.45, 2.75) is 0 Å². The molecule has 0 saturated carbocycles. The summed E-state index contributed by atoms with van der Waals surface area (Å²) in [6.45, 7) is 0. The minimum absolute atomic E-state index is 0.0186. The number of nitrogens with two attached hydrogens (primary N) is 2. The summed E-state index contributed by atoms with van der Waals surface area (Å²) < 4.78 is 0. The van der Waals surface area contributed by atoms with Gasteiger partial charge in [-0.25, -0.2) is 9.59 Å². The Morgan fingerprint density at radius 1 is 0.731 bits per heavy atom. The van der Waals surface area contributed by atoms with Crippen LogP contribution in [-0.2, 0) is 0 Å². The molecule has 6 N–H and O–H groups in total. The molecule has 0 saturated heterocycles. The van der Waals surface area contributed by atoms with E-state index in [1.807, 2.05) is 30.3 Å². The molecule has 9 heteroatoms. The van der Waals surface area contributed by atoms with Crippen LogP contribution >= 0.6 is 0 Å². The van der Waals surface area contributed by atoms with Crippen molar-refractivity contribution in [1.82, 2.24) is 15.0 Å². The minimum atomic E-state index is -1.13. The van der Waals surface area contributed by atoms with E-state index in [0.717, 1.165) is 11.6 Å². The summed E-state index contributed by atoms with van der Waals surface area (Å²) >= 11 is 0. The molecule has 1 heterocycles. The molecule has 0 unspecified atom stereocenters. The van der Waals surface area contributed by atoms with Gasteiger partial charge < -0.3 is 21.7 Å². The highest BCUT2D eigenvalue weighted by molar-refractivity contribution is 5.93. The largest absolute Gasteiger partial charge is 0.478 e. The van der Waals surface area contributed by atoms with Crippen molar-refractivity contribution >= 4 is 23.8 Å². The Morgan fingerprint density at radius 2 is 1.23 bits per heavy atom. The first-order valence-corrected chi connectivity index (χ1v) is 7.26. The van der Waals surface area contributed by atoms with Crippen molar-refractivity contribution in [3.63, 3.8) is 0 Å². The van der Waals surface area contributed by atoms with Crippen LogP contribution in [0.15, 0.2) is 54.6 Å². The summed E-state index contributed by atoms with van der Waals surface area (Å²) in [4.78, 5) is 32.4. The topological polar surface area (TPSA) is 165 Å². The smallest absolute Gasteiger partial charge is 0.335 e. The highest BCUT2D eigenvalue weighted by atomic mass is 16.4. The van der Waals surface area contributed by atoms with Gasteiger partial charge in [-0.15, -0.1) is 0 Å². The monoisotopic (exact) mass is 353 g/mol. The predicted molar refractivity (Wildman–Crippen MR) is 94.4 cm³/mol. The maximum absolute atomic E-state index is 10.4. The van der Waals surface area contributed by atoms with Crippen LogP contribution in [0.3, 0.4) is 0 Å². The third-order valence-corrected chi connectivity index (χ3v) is 3.06. The van der Waals surface area contributed by atoms with Crippen LogP contribution in [0.1, 0.15) is 20.7 Å². The van der Waals surface area contributed by atoms with Gasteiger partial charge in [0.25, 0.3) is 0 Å². The molecule has 0 aliphatic rings. The Balaban J connectivity index is 0.000000190. The van der Waals surface area contributed by atoms with Crippen LogP contribution in [-0.4, -0.2) is 37.1 Å². The van der Waals surface area contributed by atoms with Crippen LogP contribution in [0.5, 0.6) is 0 Å². The first kappa shape index (κ1) is 18.3. The van der Waals surface area contributed by atoms with E-state index in [2.05, 4.69) is 15.0 Å². The predicted octanol–water partition coefficient (Wildman–Crippen LogP) is 1.79. The number of carboxylic acids is 2. The van der Waals surface area contributed by atoms with E-state index in [1.54, 1.807) is 0 Å². The minimum Gasteiger partial charge on any atom is -0.478 e. The number of hydrogen-bond donors (Lipinski definition) is 4. The van der Waals surface area contributed by atoms with Crippen molar-refractivity contribution in [2.24, 2.45) is 0 Å². The van der Waals surface area contributed by atoms with Gasteiger partial charge in [0.15, 0.2) is 5.82 Å². The summed E-state index contributed by atoms with van der Waals surface area (Å²) in [6.07, 6.45) is 0. The van der Waals surface area contributed by atoms with E-state index in [4.69, 9.17) is 21.7 Å². The van der Waals surface area contributed by atoms with Crippen LogP contribution in [0.2, 0.25) is 0 Å². The second kappa shape index (κ2) is 8.20. The molecule has 132 valence electrons. The normalized spacial score (nSPS) is 9.69. The van der Waals surface area contributed by atoms with Gasteiger partial charge in [0.05, 0.1) is 11.1 Å². The standard InChI is InChI=1S/C9H9N5.C8H6O4/c10-8-12-7(13-9(11)14-8)6-4-2-1-3-5-6;9-7(10)5-2-1-3-6(4-5)8(11)12/h1-5H,(H4,10,11,12,13,14);1-4H,(H,9,10)(H,11,12).